The molecule has 2 aromatic heterocycles. The standard InChI is InChI=1S/C19H18FN5O2/c1-11-8-13(4-5-15(11)20)23-19(26)25-10-14-16(9-12(25)2)24-27-17(14)18-21-6-3-7-22-18/h3-8,12H,9-10H2,1-2H3,(H,23,26)/t12-/m0/s1. The third-order valence-electron chi connectivity index (χ3n) is 4.66. The van der Waals surface area contributed by atoms with Crippen LogP contribution in [-0.2, 0) is 13.0 Å². The molecule has 8 heteroatoms. The van der Waals surface area contributed by atoms with Gasteiger partial charge in [-0.25, -0.2) is 19.2 Å². The Morgan fingerprint density at radius 3 is 2.85 bits per heavy atom. The van der Waals surface area contributed by atoms with Gasteiger partial charge in [0.2, 0.25) is 5.76 Å². The highest BCUT2D eigenvalue weighted by Crippen LogP contribution is 2.31. The van der Waals surface area contributed by atoms with Crippen LogP contribution in [0.3, 0.4) is 0 Å². The number of benzene rings is 1. The molecule has 1 aliphatic rings. The molecule has 0 radical (unpaired) electrons. The van der Waals surface area contributed by atoms with Crippen molar-refractivity contribution in [3.05, 3.63) is 59.3 Å². The molecule has 0 bridgehead atoms. The Morgan fingerprint density at radius 2 is 2.11 bits per heavy atom. The van der Waals surface area contributed by atoms with Crippen LogP contribution >= 0.6 is 0 Å². The van der Waals surface area contributed by atoms with Crippen molar-refractivity contribution >= 4 is 11.7 Å². The van der Waals surface area contributed by atoms with Crippen molar-refractivity contribution in [2.75, 3.05) is 5.32 Å². The summed E-state index contributed by atoms with van der Waals surface area (Å²) in [6, 6.07) is 5.89. The lowest BCUT2D eigenvalue weighted by Gasteiger charge is -2.32. The van der Waals surface area contributed by atoms with E-state index < -0.39 is 0 Å². The number of rotatable bonds is 2. The van der Waals surface area contributed by atoms with E-state index in [1.165, 1.54) is 6.07 Å². The highest BCUT2D eigenvalue weighted by atomic mass is 19.1. The number of anilines is 1. The van der Waals surface area contributed by atoms with E-state index in [4.69, 9.17) is 4.52 Å². The van der Waals surface area contributed by atoms with Crippen LogP contribution in [0.2, 0.25) is 0 Å². The summed E-state index contributed by atoms with van der Waals surface area (Å²) in [7, 11) is 0. The molecule has 0 aliphatic carbocycles. The first-order valence-corrected chi connectivity index (χ1v) is 8.61. The maximum Gasteiger partial charge on any atom is 0.322 e. The zero-order valence-electron chi connectivity index (χ0n) is 14.9. The number of halogens is 1. The first-order chi connectivity index (χ1) is 13.0. The smallest absolute Gasteiger partial charge is 0.322 e. The van der Waals surface area contributed by atoms with Gasteiger partial charge >= 0.3 is 6.03 Å². The van der Waals surface area contributed by atoms with Gasteiger partial charge in [-0.3, -0.25) is 0 Å². The summed E-state index contributed by atoms with van der Waals surface area (Å²) in [5.41, 5.74) is 2.65. The second-order valence-corrected chi connectivity index (χ2v) is 6.58. The Kier molecular flexibility index (Phi) is 4.31. The number of hydrogen-bond acceptors (Lipinski definition) is 5. The van der Waals surface area contributed by atoms with Crippen LogP contribution < -0.4 is 5.32 Å². The molecule has 2 amide bonds. The van der Waals surface area contributed by atoms with Crippen LogP contribution in [0.1, 0.15) is 23.7 Å². The summed E-state index contributed by atoms with van der Waals surface area (Å²) in [6.07, 6.45) is 3.83. The lowest BCUT2D eigenvalue weighted by Crippen LogP contribution is -2.44. The molecular weight excluding hydrogens is 349 g/mol. The summed E-state index contributed by atoms with van der Waals surface area (Å²) < 4.78 is 18.9. The summed E-state index contributed by atoms with van der Waals surface area (Å²) in [6.45, 7) is 3.94. The molecule has 4 rings (SSSR count). The van der Waals surface area contributed by atoms with Gasteiger partial charge in [0.25, 0.3) is 0 Å². The van der Waals surface area contributed by atoms with Crippen molar-refractivity contribution in [1.29, 1.82) is 0 Å². The summed E-state index contributed by atoms with van der Waals surface area (Å²) in [5, 5.41) is 6.96. The number of amides is 2. The Morgan fingerprint density at radius 1 is 1.33 bits per heavy atom. The van der Waals surface area contributed by atoms with Crippen LogP contribution in [0.25, 0.3) is 11.6 Å². The van der Waals surface area contributed by atoms with Crippen LogP contribution in [0.15, 0.2) is 41.2 Å². The van der Waals surface area contributed by atoms with Crippen molar-refractivity contribution in [3.8, 4) is 11.6 Å². The fourth-order valence-corrected chi connectivity index (χ4v) is 3.16. The van der Waals surface area contributed by atoms with E-state index in [9.17, 15) is 9.18 Å². The molecule has 0 saturated carbocycles. The second-order valence-electron chi connectivity index (χ2n) is 6.58. The fourth-order valence-electron chi connectivity index (χ4n) is 3.16. The summed E-state index contributed by atoms with van der Waals surface area (Å²) >= 11 is 0. The van der Waals surface area contributed by atoms with Crippen LogP contribution in [0.4, 0.5) is 14.9 Å². The van der Waals surface area contributed by atoms with E-state index in [-0.39, 0.29) is 17.9 Å². The quantitative estimate of drug-likeness (QED) is 0.749. The fraction of sp³-hybridized carbons (Fsp3) is 0.263. The van der Waals surface area contributed by atoms with Gasteiger partial charge < -0.3 is 14.7 Å². The van der Waals surface area contributed by atoms with Crippen LogP contribution in [0.5, 0.6) is 0 Å². The molecule has 1 N–H and O–H groups in total. The number of nitrogens with one attached hydrogen (secondary N) is 1. The molecule has 7 nitrogen and oxygen atoms in total. The van der Waals surface area contributed by atoms with Gasteiger partial charge in [-0.2, -0.15) is 0 Å². The molecule has 138 valence electrons. The minimum Gasteiger partial charge on any atom is -0.352 e. The van der Waals surface area contributed by atoms with Crippen LogP contribution in [0, 0.1) is 12.7 Å². The Bertz CT molecular complexity index is 989. The van der Waals surface area contributed by atoms with E-state index >= 15 is 0 Å². The predicted molar refractivity (Wildman–Crippen MR) is 96.4 cm³/mol. The summed E-state index contributed by atoms with van der Waals surface area (Å²) in [4.78, 5) is 22.9. The number of urea groups is 1. The topological polar surface area (TPSA) is 84.2 Å². The Labute approximate surface area is 155 Å². The number of carbonyl (C=O) groups excluding carboxylic acids is 1. The zero-order valence-corrected chi connectivity index (χ0v) is 14.9. The predicted octanol–water partition coefficient (Wildman–Crippen LogP) is 3.56. The van der Waals surface area contributed by atoms with Gasteiger partial charge in [0, 0.05) is 36.1 Å². The monoisotopic (exact) mass is 367 g/mol. The van der Waals surface area contributed by atoms with Crippen molar-refractivity contribution in [3.63, 3.8) is 0 Å². The molecule has 1 aliphatic heterocycles. The molecular formula is C19H18FN5O2. The van der Waals surface area contributed by atoms with E-state index in [0.29, 0.717) is 35.8 Å². The van der Waals surface area contributed by atoms with E-state index in [1.54, 1.807) is 42.4 Å². The largest absolute Gasteiger partial charge is 0.352 e. The maximum absolute atomic E-state index is 13.4. The molecule has 1 aromatic carbocycles. The third kappa shape index (κ3) is 3.25. The van der Waals surface area contributed by atoms with E-state index in [1.807, 2.05) is 6.92 Å². The molecule has 3 heterocycles. The third-order valence-corrected chi connectivity index (χ3v) is 4.66. The average Bonchev–Trinajstić information content (AvgIpc) is 3.07. The Hall–Kier alpha value is -3.29. The number of nitrogens with zero attached hydrogens (tertiary/aromatic N) is 4. The summed E-state index contributed by atoms with van der Waals surface area (Å²) in [5.74, 6) is 0.615. The minimum absolute atomic E-state index is 0.0614. The molecule has 1 atom stereocenters. The number of aromatic nitrogens is 3. The molecule has 0 fully saturated rings. The van der Waals surface area contributed by atoms with E-state index in [2.05, 4.69) is 20.4 Å². The van der Waals surface area contributed by atoms with Gasteiger partial charge in [0.1, 0.15) is 5.82 Å². The van der Waals surface area contributed by atoms with Crippen LogP contribution in [-0.4, -0.2) is 32.1 Å². The average molecular weight is 367 g/mol. The molecule has 0 saturated heterocycles. The number of carbonyl (C=O) groups is 1. The van der Waals surface area contributed by atoms with E-state index in [0.717, 1.165) is 11.3 Å². The van der Waals surface area contributed by atoms with Gasteiger partial charge in [-0.15, -0.1) is 0 Å². The minimum atomic E-state index is -0.305. The zero-order chi connectivity index (χ0) is 19.0. The van der Waals surface area contributed by atoms with Gasteiger partial charge in [0.05, 0.1) is 12.2 Å². The lowest BCUT2D eigenvalue weighted by molar-refractivity contribution is 0.182. The maximum atomic E-state index is 13.4. The lowest BCUT2D eigenvalue weighted by atomic mass is 10.00. The Balaban J connectivity index is 1.58. The molecule has 27 heavy (non-hydrogen) atoms. The molecule has 3 aromatic rings. The van der Waals surface area contributed by atoms with Gasteiger partial charge in [-0.05, 0) is 43.7 Å². The normalized spacial score (nSPS) is 16.1. The van der Waals surface area contributed by atoms with Crippen molar-refractivity contribution in [1.82, 2.24) is 20.0 Å². The number of fused-ring (bicyclic) bond motifs is 1. The highest BCUT2D eigenvalue weighted by molar-refractivity contribution is 5.90. The second kappa shape index (κ2) is 6.79. The number of aryl methyl sites for hydroxylation is 1. The first kappa shape index (κ1) is 17.1. The number of hydrogen-bond donors (Lipinski definition) is 1. The van der Waals surface area contributed by atoms with Crippen molar-refractivity contribution in [2.24, 2.45) is 0 Å². The van der Waals surface area contributed by atoms with Crippen molar-refractivity contribution in [2.45, 2.75) is 32.9 Å². The SMILES string of the molecule is Cc1cc(NC(=O)N2Cc3c(noc3-c3ncccn3)C[C@@H]2C)ccc1F. The van der Waals surface area contributed by atoms with Gasteiger partial charge in [0.15, 0.2) is 5.82 Å². The molecule has 0 unspecified atom stereocenters. The molecule has 0 spiro atoms. The van der Waals surface area contributed by atoms with Crippen molar-refractivity contribution < 1.29 is 13.7 Å². The van der Waals surface area contributed by atoms with Gasteiger partial charge in [-0.1, -0.05) is 5.16 Å². The highest BCUT2D eigenvalue weighted by Gasteiger charge is 2.32. The first-order valence-electron chi connectivity index (χ1n) is 8.61.